The molecular weight excluding hydrogens is 350 g/mol. The van der Waals surface area contributed by atoms with Gasteiger partial charge in [0.15, 0.2) is 15.9 Å². The summed E-state index contributed by atoms with van der Waals surface area (Å²) in [6.45, 7) is 7.50. The van der Waals surface area contributed by atoms with Crippen LogP contribution in [-0.2, 0) is 14.6 Å². The van der Waals surface area contributed by atoms with Gasteiger partial charge in [0.05, 0.1) is 10.9 Å². The van der Waals surface area contributed by atoms with E-state index in [1.54, 1.807) is 31.2 Å². The minimum absolute atomic E-state index is 0.233. The van der Waals surface area contributed by atoms with Gasteiger partial charge in [-0.2, -0.15) is 0 Å². The largest absolute Gasteiger partial charge is 0.481 e. The van der Waals surface area contributed by atoms with E-state index in [1.165, 1.54) is 6.26 Å². The Morgan fingerprint density at radius 1 is 1.00 bits per heavy atom. The Balaban J connectivity index is 2.01. The standard InChI is InChI=1S/C20H25NO4S/c1-13-10-14(2)12-18(11-13)25-16(4)20(22)21-15(3)17-6-8-19(9-7-17)26(5,23)24/h6-12,15-16H,1-5H3,(H,21,22)/t15-,16-/m1/s1. The summed E-state index contributed by atoms with van der Waals surface area (Å²) in [5.74, 6) is 0.430. The van der Waals surface area contributed by atoms with Crippen LogP contribution < -0.4 is 10.1 Å². The third-order valence-corrected chi connectivity index (χ3v) is 5.17. The van der Waals surface area contributed by atoms with Gasteiger partial charge in [0.2, 0.25) is 0 Å². The van der Waals surface area contributed by atoms with Gasteiger partial charge < -0.3 is 10.1 Å². The number of hydrogen-bond donors (Lipinski definition) is 1. The van der Waals surface area contributed by atoms with Crippen LogP contribution in [0.15, 0.2) is 47.4 Å². The van der Waals surface area contributed by atoms with Gasteiger partial charge in [0.25, 0.3) is 5.91 Å². The Labute approximate surface area is 155 Å². The number of nitrogens with one attached hydrogen (secondary N) is 1. The van der Waals surface area contributed by atoms with Gasteiger partial charge in [-0.3, -0.25) is 4.79 Å². The number of hydrogen-bond acceptors (Lipinski definition) is 4. The van der Waals surface area contributed by atoms with Crippen LogP contribution in [0.1, 0.15) is 36.6 Å². The fourth-order valence-corrected chi connectivity index (χ4v) is 3.31. The number of sulfone groups is 1. The molecule has 2 atom stereocenters. The zero-order valence-electron chi connectivity index (χ0n) is 15.7. The molecule has 0 saturated carbocycles. The molecule has 0 bridgehead atoms. The number of benzene rings is 2. The van der Waals surface area contributed by atoms with Crippen LogP contribution in [0.25, 0.3) is 0 Å². The van der Waals surface area contributed by atoms with Crippen LogP contribution in [0.3, 0.4) is 0 Å². The summed E-state index contributed by atoms with van der Waals surface area (Å²) in [6.07, 6.45) is 0.521. The molecule has 1 amide bonds. The molecule has 0 spiro atoms. The summed E-state index contributed by atoms with van der Waals surface area (Å²) < 4.78 is 28.8. The lowest BCUT2D eigenvalue weighted by Gasteiger charge is -2.19. The molecule has 2 aromatic carbocycles. The Kier molecular flexibility index (Phi) is 6.08. The quantitative estimate of drug-likeness (QED) is 0.840. The number of carbonyl (C=O) groups excluding carboxylic acids is 1. The fraction of sp³-hybridized carbons (Fsp3) is 0.350. The summed E-state index contributed by atoms with van der Waals surface area (Å²) in [5.41, 5.74) is 2.98. The lowest BCUT2D eigenvalue weighted by Crippen LogP contribution is -2.37. The van der Waals surface area contributed by atoms with Crippen molar-refractivity contribution >= 4 is 15.7 Å². The summed E-state index contributed by atoms with van der Waals surface area (Å²) in [6, 6.07) is 12.1. The second kappa shape index (κ2) is 7.91. The monoisotopic (exact) mass is 375 g/mol. The van der Waals surface area contributed by atoms with Crippen molar-refractivity contribution in [1.82, 2.24) is 5.32 Å². The van der Waals surface area contributed by atoms with Crippen molar-refractivity contribution in [3.63, 3.8) is 0 Å². The van der Waals surface area contributed by atoms with Crippen molar-refractivity contribution in [1.29, 1.82) is 0 Å². The van der Waals surface area contributed by atoms with Crippen molar-refractivity contribution in [3.8, 4) is 5.75 Å². The molecule has 140 valence electrons. The van der Waals surface area contributed by atoms with E-state index < -0.39 is 15.9 Å². The molecule has 0 aliphatic rings. The molecule has 2 aromatic rings. The van der Waals surface area contributed by atoms with Gasteiger partial charge in [-0.1, -0.05) is 18.2 Å². The van der Waals surface area contributed by atoms with Crippen molar-refractivity contribution < 1.29 is 17.9 Å². The maximum absolute atomic E-state index is 12.4. The van der Waals surface area contributed by atoms with Crippen molar-refractivity contribution in [2.45, 2.75) is 44.7 Å². The highest BCUT2D eigenvalue weighted by Crippen LogP contribution is 2.19. The predicted octanol–water partition coefficient (Wildman–Crippen LogP) is 3.35. The van der Waals surface area contributed by atoms with E-state index in [0.717, 1.165) is 16.7 Å². The predicted molar refractivity (Wildman–Crippen MR) is 102 cm³/mol. The molecule has 0 saturated heterocycles. The summed E-state index contributed by atoms with van der Waals surface area (Å²) in [5, 5.41) is 2.89. The van der Waals surface area contributed by atoms with E-state index in [2.05, 4.69) is 5.32 Å². The smallest absolute Gasteiger partial charge is 0.261 e. The Morgan fingerprint density at radius 2 is 1.54 bits per heavy atom. The molecular formula is C20H25NO4S. The first-order chi connectivity index (χ1) is 12.1. The number of aryl methyl sites for hydroxylation is 2. The van der Waals surface area contributed by atoms with Crippen molar-refractivity contribution in [3.05, 3.63) is 59.2 Å². The minimum Gasteiger partial charge on any atom is -0.481 e. The molecule has 0 radical (unpaired) electrons. The zero-order chi connectivity index (χ0) is 19.5. The van der Waals surface area contributed by atoms with E-state index >= 15 is 0 Å². The van der Waals surface area contributed by atoms with Crippen LogP contribution in [0.4, 0.5) is 0 Å². The third kappa shape index (κ3) is 5.33. The van der Waals surface area contributed by atoms with Crippen LogP contribution >= 0.6 is 0 Å². The van der Waals surface area contributed by atoms with Gasteiger partial charge in [-0.05, 0) is 68.7 Å². The molecule has 0 fully saturated rings. The van der Waals surface area contributed by atoms with Gasteiger partial charge in [0.1, 0.15) is 5.75 Å². The van der Waals surface area contributed by atoms with Gasteiger partial charge in [0, 0.05) is 6.26 Å². The first-order valence-corrected chi connectivity index (χ1v) is 10.3. The molecule has 0 aromatic heterocycles. The number of amides is 1. The lowest BCUT2D eigenvalue weighted by molar-refractivity contribution is -0.127. The summed E-state index contributed by atoms with van der Waals surface area (Å²) in [7, 11) is -3.23. The number of ether oxygens (including phenoxy) is 1. The molecule has 6 heteroatoms. The highest BCUT2D eigenvalue weighted by atomic mass is 32.2. The molecule has 1 N–H and O–H groups in total. The topological polar surface area (TPSA) is 72.5 Å². The maximum atomic E-state index is 12.4. The third-order valence-electron chi connectivity index (χ3n) is 4.04. The molecule has 0 aliphatic carbocycles. The maximum Gasteiger partial charge on any atom is 0.261 e. The molecule has 0 heterocycles. The first-order valence-electron chi connectivity index (χ1n) is 8.41. The van der Waals surface area contributed by atoms with E-state index in [-0.39, 0.29) is 16.8 Å². The van der Waals surface area contributed by atoms with Gasteiger partial charge >= 0.3 is 0 Å². The van der Waals surface area contributed by atoms with Crippen molar-refractivity contribution in [2.75, 3.05) is 6.26 Å². The molecule has 0 aliphatic heterocycles. The average Bonchev–Trinajstić information content (AvgIpc) is 2.53. The lowest BCUT2D eigenvalue weighted by atomic mass is 10.1. The van der Waals surface area contributed by atoms with Gasteiger partial charge in [-0.25, -0.2) is 8.42 Å². The fourth-order valence-electron chi connectivity index (χ4n) is 2.68. The first kappa shape index (κ1) is 20.0. The average molecular weight is 375 g/mol. The van der Waals surface area contributed by atoms with Crippen LogP contribution in [0.2, 0.25) is 0 Å². The normalized spacial score (nSPS) is 13.7. The van der Waals surface area contributed by atoms with Crippen molar-refractivity contribution in [2.24, 2.45) is 0 Å². The second-order valence-electron chi connectivity index (χ2n) is 6.65. The van der Waals surface area contributed by atoms with Gasteiger partial charge in [-0.15, -0.1) is 0 Å². The Morgan fingerprint density at radius 3 is 2.04 bits per heavy atom. The number of carbonyl (C=O) groups is 1. The van der Waals surface area contributed by atoms with E-state index in [9.17, 15) is 13.2 Å². The van der Waals surface area contributed by atoms with Crippen LogP contribution in [0.5, 0.6) is 5.75 Å². The Hall–Kier alpha value is -2.34. The molecule has 5 nitrogen and oxygen atoms in total. The summed E-state index contributed by atoms with van der Waals surface area (Å²) in [4.78, 5) is 12.7. The van der Waals surface area contributed by atoms with Crippen LogP contribution in [-0.4, -0.2) is 26.7 Å². The number of rotatable bonds is 6. The molecule has 0 unspecified atom stereocenters. The summed E-state index contributed by atoms with van der Waals surface area (Å²) >= 11 is 0. The molecule has 26 heavy (non-hydrogen) atoms. The van der Waals surface area contributed by atoms with E-state index in [0.29, 0.717) is 5.75 Å². The SMILES string of the molecule is Cc1cc(C)cc(O[C@H](C)C(=O)N[C@H](C)c2ccc(S(C)(=O)=O)cc2)c1. The van der Waals surface area contributed by atoms with E-state index in [1.807, 2.05) is 39.0 Å². The molecule has 2 rings (SSSR count). The van der Waals surface area contributed by atoms with E-state index in [4.69, 9.17) is 4.74 Å². The zero-order valence-corrected chi connectivity index (χ0v) is 16.6. The second-order valence-corrected chi connectivity index (χ2v) is 8.67. The Bertz CT molecular complexity index is 868. The highest BCUT2D eigenvalue weighted by Gasteiger charge is 2.18. The highest BCUT2D eigenvalue weighted by molar-refractivity contribution is 7.90. The minimum atomic E-state index is -3.23. The van der Waals surface area contributed by atoms with Crippen LogP contribution in [0, 0.1) is 13.8 Å².